The van der Waals surface area contributed by atoms with Gasteiger partial charge in [0.05, 0.1) is 5.75 Å². The Bertz CT molecular complexity index is 298. The quantitative estimate of drug-likeness (QED) is 0.785. The first-order chi connectivity index (χ1) is 6.87. The van der Waals surface area contributed by atoms with Gasteiger partial charge in [-0.3, -0.25) is 0 Å². The molecule has 90 valence electrons. The molecule has 1 N–H and O–H groups in total. The van der Waals surface area contributed by atoms with E-state index in [0.717, 1.165) is 12.8 Å². The SMILES string of the molecule is CC1(C)CCCN(S(=O)(=O)CCCO)C1. The molecule has 0 spiro atoms. The number of rotatable bonds is 4. The summed E-state index contributed by atoms with van der Waals surface area (Å²) in [5.74, 6) is 0.0690. The van der Waals surface area contributed by atoms with E-state index in [2.05, 4.69) is 13.8 Å². The normalized spacial score (nSPS) is 22.9. The molecule has 1 fully saturated rings. The number of sulfonamides is 1. The highest BCUT2D eigenvalue weighted by Gasteiger charge is 2.32. The van der Waals surface area contributed by atoms with Crippen LogP contribution < -0.4 is 0 Å². The van der Waals surface area contributed by atoms with Gasteiger partial charge in [0.1, 0.15) is 0 Å². The number of aliphatic hydroxyl groups is 1. The van der Waals surface area contributed by atoms with Crippen LogP contribution in [0.25, 0.3) is 0 Å². The molecule has 1 aliphatic rings. The van der Waals surface area contributed by atoms with E-state index in [1.54, 1.807) is 4.31 Å². The summed E-state index contributed by atoms with van der Waals surface area (Å²) in [4.78, 5) is 0. The Balaban J connectivity index is 2.63. The minimum absolute atomic E-state index is 0.0591. The highest BCUT2D eigenvalue weighted by atomic mass is 32.2. The number of hydrogen-bond acceptors (Lipinski definition) is 3. The highest BCUT2D eigenvalue weighted by molar-refractivity contribution is 7.89. The van der Waals surface area contributed by atoms with Gasteiger partial charge >= 0.3 is 0 Å². The average molecular weight is 235 g/mol. The molecule has 0 saturated carbocycles. The summed E-state index contributed by atoms with van der Waals surface area (Å²) in [5.41, 5.74) is 0.0878. The Labute approximate surface area is 92.3 Å². The topological polar surface area (TPSA) is 57.6 Å². The first-order valence-electron chi connectivity index (χ1n) is 5.46. The maximum absolute atomic E-state index is 11.8. The molecule has 1 rings (SSSR count). The molecule has 5 heteroatoms. The smallest absolute Gasteiger partial charge is 0.214 e. The largest absolute Gasteiger partial charge is 0.396 e. The zero-order valence-electron chi connectivity index (χ0n) is 9.57. The average Bonchev–Trinajstić information content (AvgIpc) is 2.13. The monoisotopic (exact) mass is 235 g/mol. The second kappa shape index (κ2) is 4.80. The van der Waals surface area contributed by atoms with Crippen LogP contribution in [0.5, 0.6) is 0 Å². The Morgan fingerprint density at radius 3 is 2.60 bits per heavy atom. The van der Waals surface area contributed by atoms with E-state index >= 15 is 0 Å². The van der Waals surface area contributed by atoms with Crippen molar-refractivity contribution in [1.29, 1.82) is 0 Å². The summed E-state index contributed by atoms with van der Waals surface area (Å²) in [7, 11) is -3.14. The summed E-state index contributed by atoms with van der Waals surface area (Å²) >= 11 is 0. The fraction of sp³-hybridized carbons (Fsp3) is 1.00. The van der Waals surface area contributed by atoms with Gasteiger partial charge in [0.15, 0.2) is 0 Å². The van der Waals surface area contributed by atoms with Gasteiger partial charge in [0, 0.05) is 19.7 Å². The van der Waals surface area contributed by atoms with E-state index in [-0.39, 0.29) is 17.8 Å². The van der Waals surface area contributed by atoms with Gasteiger partial charge < -0.3 is 5.11 Å². The van der Waals surface area contributed by atoms with Gasteiger partial charge in [0.25, 0.3) is 0 Å². The summed E-state index contributed by atoms with van der Waals surface area (Å²) in [6.07, 6.45) is 2.35. The molecule has 1 heterocycles. The molecule has 1 saturated heterocycles. The highest BCUT2D eigenvalue weighted by Crippen LogP contribution is 2.29. The van der Waals surface area contributed by atoms with Crippen LogP contribution in [-0.4, -0.2) is 43.3 Å². The minimum atomic E-state index is -3.14. The van der Waals surface area contributed by atoms with Gasteiger partial charge in [-0.15, -0.1) is 0 Å². The molecule has 1 aliphatic heterocycles. The molecule has 0 aromatic heterocycles. The van der Waals surface area contributed by atoms with Crippen LogP contribution in [0, 0.1) is 5.41 Å². The van der Waals surface area contributed by atoms with Crippen molar-refractivity contribution in [1.82, 2.24) is 4.31 Å². The molecule has 4 nitrogen and oxygen atoms in total. The molecule has 0 aliphatic carbocycles. The van der Waals surface area contributed by atoms with Crippen molar-refractivity contribution < 1.29 is 13.5 Å². The molecular weight excluding hydrogens is 214 g/mol. The van der Waals surface area contributed by atoms with Gasteiger partial charge in [-0.25, -0.2) is 12.7 Å². The van der Waals surface area contributed by atoms with Crippen LogP contribution in [0.4, 0.5) is 0 Å². The summed E-state index contributed by atoms with van der Waals surface area (Å²) in [6, 6.07) is 0. The number of nitrogens with zero attached hydrogens (tertiary/aromatic N) is 1. The second-order valence-corrected chi connectivity index (χ2v) is 7.08. The molecular formula is C10H21NO3S. The molecule has 0 aromatic carbocycles. The zero-order chi connectivity index (χ0) is 11.5. The Morgan fingerprint density at radius 2 is 2.07 bits per heavy atom. The van der Waals surface area contributed by atoms with E-state index < -0.39 is 10.0 Å². The number of aliphatic hydroxyl groups excluding tert-OH is 1. The third kappa shape index (κ3) is 3.74. The molecule has 0 unspecified atom stereocenters. The standard InChI is InChI=1S/C10H21NO3S/c1-10(2)5-3-6-11(9-10)15(13,14)8-4-7-12/h12H,3-9H2,1-2H3. The Hall–Kier alpha value is -0.130. The summed E-state index contributed by atoms with van der Waals surface area (Å²) in [5, 5.41) is 8.65. The van der Waals surface area contributed by atoms with Crippen molar-refractivity contribution in [3.63, 3.8) is 0 Å². The molecule has 0 bridgehead atoms. The van der Waals surface area contributed by atoms with Crippen molar-refractivity contribution in [3.05, 3.63) is 0 Å². The fourth-order valence-electron chi connectivity index (χ4n) is 1.98. The maximum Gasteiger partial charge on any atom is 0.214 e. The number of piperidine rings is 1. The van der Waals surface area contributed by atoms with Crippen LogP contribution in [0.3, 0.4) is 0 Å². The van der Waals surface area contributed by atoms with Crippen LogP contribution in [0.15, 0.2) is 0 Å². The van der Waals surface area contributed by atoms with Crippen molar-refractivity contribution in [3.8, 4) is 0 Å². The first-order valence-corrected chi connectivity index (χ1v) is 7.07. The van der Waals surface area contributed by atoms with E-state index in [4.69, 9.17) is 5.11 Å². The minimum Gasteiger partial charge on any atom is -0.396 e. The van der Waals surface area contributed by atoms with Crippen molar-refractivity contribution in [2.24, 2.45) is 5.41 Å². The lowest BCUT2D eigenvalue weighted by molar-refractivity contribution is 0.186. The molecule has 0 aromatic rings. The second-order valence-electron chi connectivity index (χ2n) is 4.99. The van der Waals surface area contributed by atoms with Gasteiger partial charge in [-0.05, 0) is 24.7 Å². The molecule has 0 atom stereocenters. The third-order valence-electron chi connectivity index (χ3n) is 2.82. The lowest BCUT2D eigenvalue weighted by Crippen LogP contribution is -2.44. The van der Waals surface area contributed by atoms with Crippen LogP contribution in [-0.2, 0) is 10.0 Å². The van der Waals surface area contributed by atoms with Gasteiger partial charge in [-0.1, -0.05) is 13.8 Å². The molecule has 15 heavy (non-hydrogen) atoms. The van der Waals surface area contributed by atoms with Crippen molar-refractivity contribution in [2.45, 2.75) is 33.1 Å². The Morgan fingerprint density at radius 1 is 1.40 bits per heavy atom. The van der Waals surface area contributed by atoms with Gasteiger partial charge in [0.2, 0.25) is 10.0 Å². The van der Waals surface area contributed by atoms with E-state index in [1.807, 2.05) is 0 Å². The van der Waals surface area contributed by atoms with E-state index in [9.17, 15) is 8.42 Å². The van der Waals surface area contributed by atoms with Crippen LogP contribution in [0.2, 0.25) is 0 Å². The predicted octanol–water partition coefficient (Wildman–Crippen LogP) is 0.821. The lowest BCUT2D eigenvalue weighted by Gasteiger charge is -2.37. The Kier molecular flexibility index (Phi) is 4.14. The van der Waals surface area contributed by atoms with Crippen molar-refractivity contribution >= 4 is 10.0 Å². The summed E-state index contributed by atoms with van der Waals surface area (Å²) < 4.78 is 25.3. The first kappa shape index (κ1) is 12.9. The van der Waals surface area contributed by atoms with Crippen LogP contribution in [0.1, 0.15) is 33.1 Å². The zero-order valence-corrected chi connectivity index (χ0v) is 10.4. The third-order valence-corrected chi connectivity index (χ3v) is 4.72. The van der Waals surface area contributed by atoms with E-state index in [0.29, 0.717) is 19.5 Å². The van der Waals surface area contributed by atoms with Crippen molar-refractivity contribution in [2.75, 3.05) is 25.4 Å². The van der Waals surface area contributed by atoms with Gasteiger partial charge in [-0.2, -0.15) is 0 Å². The molecule has 0 radical (unpaired) electrons. The molecule has 0 amide bonds. The number of hydrogen-bond donors (Lipinski definition) is 1. The predicted molar refractivity (Wildman–Crippen MR) is 60.1 cm³/mol. The fourth-order valence-corrected chi connectivity index (χ4v) is 3.69. The van der Waals surface area contributed by atoms with Crippen LogP contribution >= 0.6 is 0 Å². The maximum atomic E-state index is 11.8. The summed E-state index contributed by atoms with van der Waals surface area (Å²) in [6.45, 7) is 5.38. The lowest BCUT2D eigenvalue weighted by atomic mass is 9.85. The van der Waals surface area contributed by atoms with E-state index in [1.165, 1.54) is 0 Å².